The SMILES string of the molecule is CC(=O)N1CC(N2CCC(c3nn(C(F)F)c4ccc(-c5nc6cc(C)c(CC(=O)O)c(-c7ccc(Cl)cc7)c6s5)cc34)CC2)C1. The summed E-state index contributed by atoms with van der Waals surface area (Å²) in [6.07, 6.45) is 1.46. The van der Waals surface area contributed by atoms with E-state index in [2.05, 4.69) is 10.00 Å². The van der Waals surface area contributed by atoms with E-state index in [9.17, 15) is 23.5 Å². The molecule has 0 saturated carbocycles. The maximum atomic E-state index is 14.2. The highest BCUT2D eigenvalue weighted by Crippen LogP contribution is 2.43. The van der Waals surface area contributed by atoms with E-state index in [0.717, 1.165) is 81.7 Å². The van der Waals surface area contributed by atoms with Crippen LogP contribution in [-0.2, 0) is 16.0 Å². The third kappa shape index (κ3) is 5.54. The number of hydrogen-bond acceptors (Lipinski definition) is 6. The first-order chi connectivity index (χ1) is 22.1. The first kappa shape index (κ1) is 30.7. The van der Waals surface area contributed by atoms with Gasteiger partial charge in [-0.15, -0.1) is 11.3 Å². The number of rotatable bonds is 7. The van der Waals surface area contributed by atoms with Crippen molar-refractivity contribution in [1.82, 2.24) is 24.6 Å². The number of nitrogens with zero attached hydrogens (tertiary/aromatic N) is 5. The highest BCUT2D eigenvalue weighted by molar-refractivity contribution is 7.22. The zero-order chi connectivity index (χ0) is 32.3. The number of fused-ring (bicyclic) bond motifs is 2. The largest absolute Gasteiger partial charge is 0.481 e. The summed E-state index contributed by atoms with van der Waals surface area (Å²) >= 11 is 7.62. The lowest BCUT2D eigenvalue weighted by molar-refractivity contribution is -0.137. The number of aromatic nitrogens is 3. The van der Waals surface area contributed by atoms with E-state index < -0.39 is 12.5 Å². The standard InChI is InChI=1S/C34H32ClF2N5O3S/c1-18-13-27-32(30(25(18)15-29(44)45)20-3-6-23(35)7-4-20)46-33(38-27)22-5-8-28-26(14-22)31(39-42(28)34(36)37)21-9-11-40(12-10-21)24-16-41(17-24)19(2)43/h3-8,13-14,21,24,34H,9-12,15-17H2,1-2H3,(H,44,45). The fraction of sp³-hybridized carbons (Fsp3) is 0.353. The molecule has 2 aromatic heterocycles. The van der Waals surface area contributed by atoms with Gasteiger partial charge in [0.15, 0.2) is 0 Å². The van der Waals surface area contributed by atoms with Gasteiger partial charge < -0.3 is 10.0 Å². The monoisotopic (exact) mass is 663 g/mol. The molecule has 8 nitrogen and oxygen atoms in total. The van der Waals surface area contributed by atoms with E-state index in [4.69, 9.17) is 16.6 Å². The molecule has 0 unspecified atom stereocenters. The van der Waals surface area contributed by atoms with Crippen molar-refractivity contribution in [3.63, 3.8) is 0 Å². The van der Waals surface area contributed by atoms with E-state index in [1.165, 1.54) is 11.3 Å². The molecule has 0 aliphatic carbocycles. The highest BCUT2D eigenvalue weighted by Gasteiger charge is 2.36. The summed E-state index contributed by atoms with van der Waals surface area (Å²) in [5.41, 5.74) is 5.81. The smallest absolute Gasteiger partial charge is 0.333 e. The predicted molar refractivity (Wildman–Crippen MR) is 176 cm³/mol. The first-order valence-electron chi connectivity index (χ1n) is 15.3. The third-order valence-electron chi connectivity index (χ3n) is 9.38. The van der Waals surface area contributed by atoms with E-state index in [0.29, 0.717) is 32.7 Å². The number of halogens is 3. The quantitative estimate of drug-likeness (QED) is 0.196. The molecule has 46 heavy (non-hydrogen) atoms. The molecular formula is C34H32ClF2N5O3S. The average molecular weight is 664 g/mol. The second-order valence-electron chi connectivity index (χ2n) is 12.2. The van der Waals surface area contributed by atoms with Gasteiger partial charge in [-0.1, -0.05) is 23.7 Å². The Morgan fingerprint density at radius 2 is 1.76 bits per heavy atom. The number of piperidine rings is 1. The Kier molecular flexibility index (Phi) is 8.02. The maximum Gasteiger partial charge on any atom is 0.333 e. The van der Waals surface area contributed by atoms with Crippen LogP contribution in [0.3, 0.4) is 0 Å². The zero-order valence-corrected chi connectivity index (χ0v) is 26.9. The number of carbonyl (C=O) groups is 2. The Morgan fingerprint density at radius 1 is 1.07 bits per heavy atom. The minimum Gasteiger partial charge on any atom is -0.481 e. The maximum absolute atomic E-state index is 14.2. The van der Waals surface area contributed by atoms with Crippen LogP contribution >= 0.6 is 22.9 Å². The zero-order valence-electron chi connectivity index (χ0n) is 25.3. The number of hydrogen-bond donors (Lipinski definition) is 1. The Bertz CT molecular complexity index is 1980. The molecule has 0 spiro atoms. The van der Waals surface area contributed by atoms with Crippen LogP contribution in [0.5, 0.6) is 0 Å². The van der Waals surface area contributed by atoms with Crippen LogP contribution in [-0.4, -0.2) is 73.8 Å². The molecule has 2 aliphatic rings. The van der Waals surface area contributed by atoms with Crippen molar-refractivity contribution >= 4 is 55.9 Å². The Labute approximate surface area is 273 Å². The normalized spacial score (nSPS) is 16.5. The van der Waals surface area contributed by atoms with Gasteiger partial charge in [0.2, 0.25) is 5.91 Å². The molecule has 5 aromatic rings. The lowest BCUT2D eigenvalue weighted by Gasteiger charge is -2.47. The summed E-state index contributed by atoms with van der Waals surface area (Å²) in [5, 5.41) is 16.2. The van der Waals surface area contributed by atoms with E-state index in [-0.39, 0.29) is 18.2 Å². The molecule has 0 bridgehead atoms. The van der Waals surface area contributed by atoms with Crippen LogP contribution in [0.1, 0.15) is 49.1 Å². The lowest BCUT2D eigenvalue weighted by atomic mass is 9.90. The van der Waals surface area contributed by atoms with Crippen molar-refractivity contribution in [3.8, 4) is 21.7 Å². The highest BCUT2D eigenvalue weighted by atomic mass is 35.5. The first-order valence-corrected chi connectivity index (χ1v) is 16.5. The summed E-state index contributed by atoms with van der Waals surface area (Å²) < 4.78 is 30.0. The van der Waals surface area contributed by atoms with Gasteiger partial charge in [-0.25, -0.2) is 9.67 Å². The van der Waals surface area contributed by atoms with Crippen LogP contribution in [0.15, 0.2) is 48.5 Å². The fourth-order valence-corrected chi connectivity index (χ4v) is 8.15. The summed E-state index contributed by atoms with van der Waals surface area (Å²) in [6, 6.07) is 15.0. The molecule has 2 aliphatic heterocycles. The molecular weight excluding hydrogens is 632 g/mol. The van der Waals surface area contributed by atoms with Gasteiger partial charge in [0.25, 0.3) is 0 Å². The Balaban J connectivity index is 1.26. The lowest BCUT2D eigenvalue weighted by Crippen LogP contribution is -2.61. The van der Waals surface area contributed by atoms with Gasteiger partial charge in [0.05, 0.1) is 27.8 Å². The van der Waals surface area contributed by atoms with E-state index in [1.807, 2.05) is 36.1 Å². The van der Waals surface area contributed by atoms with Crippen LogP contribution in [0.4, 0.5) is 8.78 Å². The number of carboxylic acid groups (broad SMARTS) is 1. The predicted octanol–water partition coefficient (Wildman–Crippen LogP) is 7.37. The number of alkyl halides is 2. The van der Waals surface area contributed by atoms with Crippen molar-refractivity contribution in [2.45, 2.75) is 51.6 Å². The molecule has 2 fully saturated rings. The van der Waals surface area contributed by atoms with Crippen molar-refractivity contribution < 1.29 is 23.5 Å². The van der Waals surface area contributed by atoms with Crippen molar-refractivity contribution in [1.29, 1.82) is 0 Å². The number of aryl methyl sites for hydroxylation is 1. The molecule has 1 amide bonds. The van der Waals surface area contributed by atoms with Gasteiger partial charge in [-0.2, -0.15) is 13.9 Å². The van der Waals surface area contributed by atoms with Crippen LogP contribution in [0, 0.1) is 6.92 Å². The molecule has 12 heteroatoms. The summed E-state index contributed by atoms with van der Waals surface area (Å²) in [4.78, 5) is 32.7. The van der Waals surface area contributed by atoms with Crippen molar-refractivity contribution in [2.24, 2.45) is 0 Å². The van der Waals surface area contributed by atoms with Gasteiger partial charge in [-0.05, 0) is 85.9 Å². The third-order valence-corrected chi connectivity index (χ3v) is 10.8. The number of carboxylic acids is 1. The number of thiazole rings is 1. The van der Waals surface area contributed by atoms with Gasteiger partial charge in [0.1, 0.15) is 5.01 Å². The van der Waals surface area contributed by atoms with Crippen LogP contribution < -0.4 is 0 Å². The topological polar surface area (TPSA) is 91.6 Å². The molecule has 1 N–H and O–H groups in total. The van der Waals surface area contributed by atoms with Crippen molar-refractivity contribution in [2.75, 3.05) is 26.2 Å². The van der Waals surface area contributed by atoms with E-state index >= 15 is 0 Å². The second kappa shape index (κ2) is 12.0. The minimum atomic E-state index is -2.77. The average Bonchev–Trinajstić information content (AvgIpc) is 3.59. The number of aliphatic carboxylic acids is 1. The molecule has 2 saturated heterocycles. The molecule has 0 radical (unpaired) electrons. The Hall–Kier alpha value is -3.93. The van der Waals surface area contributed by atoms with Crippen LogP contribution in [0.2, 0.25) is 5.02 Å². The fourth-order valence-electron chi connectivity index (χ4n) is 6.89. The number of carbonyl (C=O) groups excluding carboxylic acids is 1. The minimum absolute atomic E-state index is 0.0334. The van der Waals surface area contributed by atoms with Crippen LogP contribution in [0.25, 0.3) is 42.8 Å². The number of benzene rings is 3. The summed E-state index contributed by atoms with van der Waals surface area (Å²) in [6.45, 7) is 3.85. The van der Waals surface area contributed by atoms with Crippen molar-refractivity contribution in [3.05, 3.63) is 70.4 Å². The van der Waals surface area contributed by atoms with Gasteiger partial charge >= 0.3 is 12.5 Å². The molecule has 0 atom stereocenters. The molecule has 4 heterocycles. The Morgan fingerprint density at radius 3 is 2.41 bits per heavy atom. The van der Waals surface area contributed by atoms with Gasteiger partial charge in [-0.3, -0.25) is 14.5 Å². The number of likely N-dealkylation sites (tertiary alicyclic amines) is 2. The number of amides is 1. The summed E-state index contributed by atoms with van der Waals surface area (Å²) in [7, 11) is 0. The van der Waals surface area contributed by atoms with E-state index in [1.54, 1.807) is 31.2 Å². The molecule has 3 aromatic carbocycles. The molecule has 7 rings (SSSR count). The molecule has 238 valence electrons. The summed E-state index contributed by atoms with van der Waals surface area (Å²) in [5.74, 6) is -0.796. The second-order valence-corrected chi connectivity index (χ2v) is 13.7. The van der Waals surface area contributed by atoms with Gasteiger partial charge in [0, 0.05) is 53.5 Å².